The van der Waals surface area contributed by atoms with E-state index in [4.69, 9.17) is 4.74 Å². The summed E-state index contributed by atoms with van der Waals surface area (Å²) in [6, 6.07) is 32.3. The Kier molecular flexibility index (Phi) is 9.10. The number of methoxy groups -OCH3 is 1. The molecule has 4 rings (SSSR count). The van der Waals surface area contributed by atoms with Gasteiger partial charge in [-0.1, -0.05) is 60.7 Å². The summed E-state index contributed by atoms with van der Waals surface area (Å²) in [5, 5.41) is 5.57. The predicted molar refractivity (Wildman–Crippen MR) is 151 cm³/mol. The number of anilines is 1. The number of amides is 2. The lowest BCUT2D eigenvalue weighted by Gasteiger charge is -2.12. The van der Waals surface area contributed by atoms with E-state index in [9.17, 15) is 14.4 Å². The lowest BCUT2D eigenvalue weighted by molar-refractivity contribution is -0.113. The van der Waals surface area contributed by atoms with E-state index in [0.29, 0.717) is 22.6 Å². The molecule has 38 heavy (non-hydrogen) atoms. The second-order valence-corrected chi connectivity index (χ2v) is 9.23. The highest BCUT2D eigenvalue weighted by Gasteiger charge is 2.16. The van der Waals surface area contributed by atoms with E-state index in [1.165, 1.54) is 11.8 Å². The number of benzene rings is 4. The van der Waals surface area contributed by atoms with Crippen LogP contribution in [0.3, 0.4) is 0 Å². The maximum Gasteiger partial charge on any atom is 0.272 e. The molecule has 0 unspecified atom stereocenters. The molecule has 0 aliphatic rings. The summed E-state index contributed by atoms with van der Waals surface area (Å²) in [5.74, 6) is -0.0643. The number of rotatable bonds is 10. The van der Waals surface area contributed by atoms with Gasteiger partial charge in [-0.05, 0) is 60.2 Å². The van der Waals surface area contributed by atoms with Crippen LogP contribution in [0.2, 0.25) is 0 Å². The summed E-state index contributed by atoms with van der Waals surface area (Å²) in [6.45, 7) is 0. The lowest BCUT2D eigenvalue weighted by atomic mass is 10.1. The van der Waals surface area contributed by atoms with Gasteiger partial charge in [0.15, 0.2) is 5.78 Å². The Morgan fingerprint density at radius 3 is 2.11 bits per heavy atom. The van der Waals surface area contributed by atoms with E-state index < -0.39 is 5.91 Å². The van der Waals surface area contributed by atoms with Gasteiger partial charge < -0.3 is 15.4 Å². The molecule has 0 heterocycles. The molecule has 2 N–H and O–H groups in total. The molecule has 0 aromatic heterocycles. The van der Waals surface area contributed by atoms with Gasteiger partial charge in [0.2, 0.25) is 0 Å². The first-order valence-electron chi connectivity index (χ1n) is 11.9. The van der Waals surface area contributed by atoms with E-state index in [1.807, 2.05) is 54.6 Å². The average Bonchev–Trinajstić information content (AvgIpc) is 2.97. The van der Waals surface area contributed by atoms with Crippen LogP contribution in [0.25, 0.3) is 6.08 Å². The molecule has 190 valence electrons. The highest BCUT2D eigenvalue weighted by molar-refractivity contribution is 8.00. The van der Waals surface area contributed by atoms with Crippen molar-refractivity contribution in [2.45, 2.75) is 4.90 Å². The van der Waals surface area contributed by atoms with Crippen LogP contribution < -0.4 is 15.4 Å². The van der Waals surface area contributed by atoms with Crippen molar-refractivity contribution in [2.24, 2.45) is 0 Å². The van der Waals surface area contributed by atoms with Crippen molar-refractivity contribution in [3.63, 3.8) is 0 Å². The van der Waals surface area contributed by atoms with Crippen LogP contribution in [0.4, 0.5) is 5.69 Å². The third-order valence-corrected chi connectivity index (χ3v) is 6.54. The van der Waals surface area contributed by atoms with Crippen molar-refractivity contribution in [1.82, 2.24) is 5.32 Å². The molecular formula is C31H26N2O4S. The fourth-order valence-electron chi connectivity index (χ4n) is 3.59. The number of thioether (sulfide) groups is 1. The molecular weight excluding hydrogens is 496 g/mol. The van der Waals surface area contributed by atoms with Crippen LogP contribution in [0, 0.1) is 0 Å². The first kappa shape index (κ1) is 26.4. The van der Waals surface area contributed by atoms with E-state index in [0.717, 1.165) is 10.5 Å². The van der Waals surface area contributed by atoms with Gasteiger partial charge in [-0.25, -0.2) is 0 Å². The first-order chi connectivity index (χ1) is 18.5. The van der Waals surface area contributed by atoms with Crippen LogP contribution >= 0.6 is 11.8 Å². The minimum Gasteiger partial charge on any atom is -0.496 e. The Balaban J connectivity index is 1.42. The van der Waals surface area contributed by atoms with Gasteiger partial charge in [0.05, 0.1) is 18.4 Å². The second-order valence-electron chi connectivity index (χ2n) is 8.18. The summed E-state index contributed by atoms with van der Waals surface area (Å²) >= 11 is 1.40. The number of ketones is 1. The van der Waals surface area contributed by atoms with E-state index in [-0.39, 0.29) is 23.1 Å². The molecule has 0 bridgehead atoms. The Bertz CT molecular complexity index is 1440. The Morgan fingerprint density at radius 2 is 1.42 bits per heavy atom. The predicted octanol–water partition coefficient (Wildman–Crippen LogP) is 6.08. The number of nitrogens with one attached hydrogen (secondary N) is 2. The smallest absolute Gasteiger partial charge is 0.272 e. The molecule has 2 amide bonds. The molecule has 0 fully saturated rings. The molecule has 0 aliphatic heterocycles. The molecule has 0 atom stereocenters. The fourth-order valence-corrected chi connectivity index (χ4v) is 4.37. The molecule has 0 saturated heterocycles. The van der Waals surface area contributed by atoms with Gasteiger partial charge in [0.1, 0.15) is 11.4 Å². The largest absolute Gasteiger partial charge is 0.496 e. The van der Waals surface area contributed by atoms with Crippen LogP contribution in [0.15, 0.2) is 120 Å². The molecule has 7 heteroatoms. The SMILES string of the molecule is COc1ccccc1C(=O)CSc1ccc(NC(=O)/C(=C/c2ccccc2)NC(=O)c2ccccc2)cc1. The second kappa shape index (κ2) is 13.1. The van der Waals surface area contributed by atoms with Gasteiger partial charge >= 0.3 is 0 Å². The van der Waals surface area contributed by atoms with Gasteiger partial charge in [-0.2, -0.15) is 0 Å². The van der Waals surface area contributed by atoms with Crippen molar-refractivity contribution in [1.29, 1.82) is 0 Å². The summed E-state index contributed by atoms with van der Waals surface area (Å²) in [5.41, 5.74) is 2.44. The normalized spacial score (nSPS) is 10.9. The Morgan fingerprint density at radius 1 is 0.789 bits per heavy atom. The van der Waals surface area contributed by atoms with E-state index in [2.05, 4.69) is 10.6 Å². The van der Waals surface area contributed by atoms with E-state index in [1.54, 1.807) is 67.8 Å². The zero-order valence-corrected chi connectivity index (χ0v) is 21.5. The molecule has 0 spiro atoms. The summed E-state index contributed by atoms with van der Waals surface area (Å²) in [6.07, 6.45) is 1.63. The number of carbonyl (C=O) groups is 3. The third-order valence-electron chi connectivity index (χ3n) is 5.53. The maximum atomic E-state index is 13.1. The Hall–Kier alpha value is -4.62. The van der Waals surface area contributed by atoms with Gasteiger partial charge in [-0.3, -0.25) is 14.4 Å². The first-order valence-corrected chi connectivity index (χ1v) is 12.9. The van der Waals surface area contributed by atoms with Gasteiger partial charge in [0.25, 0.3) is 11.8 Å². The highest BCUT2D eigenvalue weighted by atomic mass is 32.2. The van der Waals surface area contributed by atoms with Crippen molar-refractivity contribution >= 4 is 41.1 Å². The number of ether oxygens (including phenoxy) is 1. The molecule has 0 radical (unpaired) electrons. The third kappa shape index (κ3) is 7.21. The van der Waals surface area contributed by atoms with Crippen LogP contribution in [0.1, 0.15) is 26.3 Å². The molecule has 6 nitrogen and oxygen atoms in total. The summed E-state index contributed by atoms with van der Waals surface area (Å²) in [4.78, 5) is 39.4. The molecule has 4 aromatic rings. The minimum absolute atomic E-state index is 0.0327. The summed E-state index contributed by atoms with van der Waals surface area (Å²) < 4.78 is 5.28. The maximum absolute atomic E-state index is 13.1. The van der Waals surface area contributed by atoms with Crippen LogP contribution in [0.5, 0.6) is 5.75 Å². The number of hydrogen-bond donors (Lipinski definition) is 2. The molecule has 0 saturated carbocycles. The molecule has 4 aromatic carbocycles. The topological polar surface area (TPSA) is 84.5 Å². The Labute approximate surface area is 225 Å². The van der Waals surface area contributed by atoms with Gasteiger partial charge in [0, 0.05) is 16.1 Å². The minimum atomic E-state index is -0.454. The van der Waals surface area contributed by atoms with Gasteiger partial charge in [-0.15, -0.1) is 11.8 Å². The van der Waals surface area contributed by atoms with Crippen LogP contribution in [-0.4, -0.2) is 30.5 Å². The quantitative estimate of drug-likeness (QED) is 0.150. The fraction of sp³-hybridized carbons (Fsp3) is 0.0645. The zero-order chi connectivity index (χ0) is 26.7. The van der Waals surface area contributed by atoms with Crippen molar-refractivity contribution in [3.8, 4) is 5.75 Å². The molecule has 0 aliphatic carbocycles. The number of carbonyl (C=O) groups excluding carboxylic acids is 3. The number of para-hydroxylation sites is 1. The average molecular weight is 523 g/mol. The van der Waals surface area contributed by atoms with Crippen molar-refractivity contribution in [3.05, 3.63) is 132 Å². The zero-order valence-electron chi connectivity index (χ0n) is 20.7. The highest BCUT2D eigenvalue weighted by Crippen LogP contribution is 2.24. The van der Waals surface area contributed by atoms with Crippen molar-refractivity contribution in [2.75, 3.05) is 18.2 Å². The van der Waals surface area contributed by atoms with Crippen LogP contribution in [-0.2, 0) is 4.79 Å². The van der Waals surface area contributed by atoms with Crippen molar-refractivity contribution < 1.29 is 19.1 Å². The monoisotopic (exact) mass is 522 g/mol. The summed E-state index contributed by atoms with van der Waals surface area (Å²) in [7, 11) is 1.54. The van der Waals surface area contributed by atoms with E-state index >= 15 is 0 Å². The number of Topliss-reactive ketones (excluding diaryl/α,β-unsaturated/α-hetero) is 1. The number of hydrogen-bond acceptors (Lipinski definition) is 5. The standard InChI is InChI=1S/C31H26N2O4S/c1-37-29-15-9-8-14-26(29)28(34)21-38-25-18-16-24(17-19-25)32-31(36)27(20-22-10-4-2-5-11-22)33-30(35)23-12-6-3-7-13-23/h2-20H,21H2,1H3,(H,32,36)(H,33,35)/b27-20-. The lowest BCUT2D eigenvalue weighted by Crippen LogP contribution is -2.30.